The second-order valence-electron chi connectivity index (χ2n) is 7.49. The molecule has 2 aliphatic rings. The number of β-lactam (4-membered cyclic amide) rings is 1. The maximum absolute atomic E-state index is 12.9. The zero-order valence-corrected chi connectivity index (χ0v) is 19.7. The Morgan fingerprint density at radius 2 is 1.97 bits per heavy atom. The van der Waals surface area contributed by atoms with E-state index in [4.69, 9.17) is 4.52 Å². The van der Waals surface area contributed by atoms with Gasteiger partial charge in [-0.2, -0.15) is 0 Å². The predicted octanol–water partition coefficient (Wildman–Crippen LogP) is -2.71. The van der Waals surface area contributed by atoms with Crippen molar-refractivity contribution in [2.75, 3.05) is 0 Å². The van der Waals surface area contributed by atoms with Gasteiger partial charge in [0.15, 0.2) is 6.04 Å². The second kappa shape index (κ2) is 7.92. The minimum atomic E-state index is -1.69. The van der Waals surface area contributed by atoms with E-state index in [-0.39, 0.29) is 40.9 Å². The quantitative estimate of drug-likeness (QED) is 0.237. The van der Waals surface area contributed by atoms with E-state index in [2.05, 4.69) is 10.1 Å². The maximum Gasteiger partial charge on any atom is 1.00 e. The number of fused-ring (bicyclic) bond motifs is 1. The third-order valence-electron chi connectivity index (χ3n) is 5.34. The number of hydrogen-bond acceptors (Lipinski definition) is 7. The van der Waals surface area contributed by atoms with E-state index in [0.29, 0.717) is 11.3 Å². The normalized spacial score (nSPS) is 27.2. The number of rotatable bonds is 4. The van der Waals surface area contributed by atoms with E-state index < -0.39 is 50.8 Å². The molecule has 1 aromatic heterocycles. The van der Waals surface area contributed by atoms with Crippen molar-refractivity contribution >= 4 is 28.6 Å². The number of benzene rings is 1. The van der Waals surface area contributed by atoms with E-state index in [9.17, 15) is 24.0 Å². The molecule has 1 amide bonds. The molecule has 30 heavy (non-hydrogen) atoms. The van der Waals surface area contributed by atoms with Crippen LogP contribution in [0.5, 0.6) is 0 Å². The Labute approximate surface area is 196 Å². The number of aryl methyl sites for hydroxylation is 1. The SMILES string of the molecule is Cc1onc(-c2ccccc2)c1C([O-])=N[C@@H]1C(=O)N2[C@@H]1S(=O)C(C)(C)[C@@H]2C(=O)O.[Na+]. The number of carbonyl (C=O) groups is 2. The maximum atomic E-state index is 12.9. The van der Waals surface area contributed by atoms with Crippen molar-refractivity contribution in [3.8, 4) is 11.3 Å². The molecule has 2 saturated heterocycles. The molecule has 3 heterocycles. The summed E-state index contributed by atoms with van der Waals surface area (Å²) in [5.41, 5.74) is 1.08. The predicted molar refractivity (Wildman–Crippen MR) is 101 cm³/mol. The fourth-order valence-corrected chi connectivity index (χ4v) is 5.76. The third kappa shape index (κ3) is 3.22. The Bertz CT molecular complexity index is 1070. The molecular formula is C19H18N3NaO6S. The Hall–Kier alpha value is -2.01. The van der Waals surface area contributed by atoms with Crippen LogP contribution in [0.4, 0.5) is 0 Å². The molecule has 9 nitrogen and oxygen atoms in total. The molecule has 0 bridgehead atoms. The number of aliphatic imine (C=N–C) groups is 1. The van der Waals surface area contributed by atoms with Crippen LogP contribution in [0.1, 0.15) is 25.2 Å². The number of aromatic nitrogens is 1. The number of carboxylic acid groups (broad SMARTS) is 1. The van der Waals surface area contributed by atoms with E-state index in [1.54, 1.807) is 31.2 Å². The topological polar surface area (TPSA) is 136 Å². The zero-order chi connectivity index (χ0) is 21.1. The molecular weight excluding hydrogens is 421 g/mol. The summed E-state index contributed by atoms with van der Waals surface area (Å²) >= 11 is 0. The summed E-state index contributed by atoms with van der Waals surface area (Å²) in [5, 5.41) is 25.4. The molecule has 2 aliphatic heterocycles. The van der Waals surface area contributed by atoms with Gasteiger partial charge in [-0.3, -0.25) is 14.0 Å². The van der Waals surface area contributed by atoms with Gasteiger partial charge in [-0.25, -0.2) is 4.79 Å². The molecule has 1 N–H and O–H groups in total. The molecule has 0 spiro atoms. The van der Waals surface area contributed by atoms with Crippen LogP contribution in [0.15, 0.2) is 39.8 Å². The van der Waals surface area contributed by atoms with Crippen LogP contribution in [0.2, 0.25) is 0 Å². The monoisotopic (exact) mass is 439 g/mol. The van der Waals surface area contributed by atoms with Crippen LogP contribution >= 0.6 is 0 Å². The summed E-state index contributed by atoms with van der Waals surface area (Å²) < 4.78 is 16.8. The minimum absolute atomic E-state index is 0. The van der Waals surface area contributed by atoms with Gasteiger partial charge >= 0.3 is 35.5 Å². The summed E-state index contributed by atoms with van der Waals surface area (Å²) in [6.45, 7) is 4.63. The first kappa shape index (κ1) is 22.7. The van der Waals surface area contributed by atoms with Gasteiger partial charge in [-0.05, 0) is 26.7 Å². The standard InChI is InChI=1S/C19H19N3O6S.Na/c1-9-11(12(21-28-9)10-7-5-4-6-8-10)15(23)20-13-16(24)22-14(18(25)26)19(2,3)29(27)17(13)22;/h4-8,13-14,17H,1-3H3,(H,20,23)(H,25,26);/q;+1/p-1/t13-,14+,17-,29?;/m1./s1. The molecule has 152 valence electrons. The molecule has 0 saturated carbocycles. The number of carbonyl (C=O) groups excluding carboxylic acids is 1. The van der Waals surface area contributed by atoms with Gasteiger partial charge in [-0.15, -0.1) is 0 Å². The van der Waals surface area contributed by atoms with Crippen LogP contribution in [0.25, 0.3) is 11.3 Å². The molecule has 1 unspecified atom stereocenters. The molecule has 2 fully saturated rings. The molecule has 1 aromatic carbocycles. The van der Waals surface area contributed by atoms with E-state index in [0.717, 1.165) is 4.90 Å². The number of amides is 1. The van der Waals surface area contributed by atoms with Crippen molar-refractivity contribution in [1.82, 2.24) is 10.1 Å². The van der Waals surface area contributed by atoms with Crippen LogP contribution in [-0.4, -0.2) is 59.4 Å². The Balaban J connectivity index is 0.00000256. The van der Waals surface area contributed by atoms with Crippen LogP contribution in [0, 0.1) is 6.92 Å². The molecule has 4 rings (SSSR count). The average molecular weight is 439 g/mol. The summed E-state index contributed by atoms with van der Waals surface area (Å²) in [7, 11) is -1.69. The Kier molecular flexibility index (Phi) is 5.98. The van der Waals surface area contributed by atoms with Gasteiger partial charge in [0.05, 0.1) is 21.1 Å². The smallest absolute Gasteiger partial charge is 0.858 e. The van der Waals surface area contributed by atoms with Crippen LogP contribution in [-0.2, 0) is 20.4 Å². The summed E-state index contributed by atoms with van der Waals surface area (Å²) in [5.74, 6) is -2.32. The van der Waals surface area contributed by atoms with E-state index >= 15 is 0 Å². The van der Waals surface area contributed by atoms with Gasteiger partial charge in [0, 0.05) is 5.56 Å². The van der Waals surface area contributed by atoms with Crippen LogP contribution in [0.3, 0.4) is 0 Å². The van der Waals surface area contributed by atoms with Crippen LogP contribution < -0.4 is 34.7 Å². The number of hydrogen-bond donors (Lipinski definition) is 1. The number of nitrogens with zero attached hydrogens (tertiary/aromatic N) is 3. The van der Waals surface area contributed by atoms with Gasteiger partial charge in [0.1, 0.15) is 22.9 Å². The van der Waals surface area contributed by atoms with Gasteiger partial charge in [0.2, 0.25) is 0 Å². The Morgan fingerprint density at radius 3 is 2.57 bits per heavy atom. The second-order valence-corrected chi connectivity index (χ2v) is 9.62. The van der Waals surface area contributed by atoms with Gasteiger partial charge in [0.25, 0.3) is 5.91 Å². The van der Waals surface area contributed by atoms with Gasteiger partial charge in [-0.1, -0.05) is 35.5 Å². The van der Waals surface area contributed by atoms with Crippen molar-refractivity contribution in [3.63, 3.8) is 0 Å². The fraction of sp³-hybridized carbons (Fsp3) is 0.368. The van der Waals surface area contributed by atoms with Gasteiger partial charge < -0.3 is 19.6 Å². The molecule has 2 aromatic rings. The molecule has 0 radical (unpaired) electrons. The first-order valence-corrected chi connectivity index (χ1v) is 10.1. The fourth-order valence-electron chi connectivity index (χ4n) is 3.86. The summed E-state index contributed by atoms with van der Waals surface area (Å²) in [6, 6.07) is 6.50. The summed E-state index contributed by atoms with van der Waals surface area (Å²) in [6.07, 6.45) is 0. The zero-order valence-electron chi connectivity index (χ0n) is 16.9. The largest absolute Gasteiger partial charge is 1.00 e. The number of aliphatic carboxylic acids is 1. The van der Waals surface area contributed by atoms with Crippen molar-refractivity contribution < 1.29 is 58.1 Å². The van der Waals surface area contributed by atoms with E-state index in [1.165, 1.54) is 13.8 Å². The first-order chi connectivity index (χ1) is 13.7. The molecule has 11 heteroatoms. The first-order valence-electron chi connectivity index (χ1n) is 8.88. The minimum Gasteiger partial charge on any atom is -0.858 e. The Morgan fingerprint density at radius 1 is 1.33 bits per heavy atom. The molecule has 4 atom stereocenters. The summed E-state index contributed by atoms with van der Waals surface area (Å²) in [4.78, 5) is 29.2. The van der Waals surface area contributed by atoms with Crippen molar-refractivity contribution in [3.05, 3.63) is 41.7 Å². The van der Waals surface area contributed by atoms with Crippen molar-refractivity contribution in [2.45, 2.75) is 43.0 Å². The third-order valence-corrected chi connectivity index (χ3v) is 7.52. The van der Waals surface area contributed by atoms with Crippen molar-refractivity contribution in [2.24, 2.45) is 4.99 Å². The van der Waals surface area contributed by atoms with E-state index in [1.807, 2.05) is 6.07 Å². The molecule has 0 aliphatic carbocycles. The average Bonchev–Trinajstić information content (AvgIpc) is 3.15. The van der Waals surface area contributed by atoms with Crippen molar-refractivity contribution in [1.29, 1.82) is 0 Å². The number of carboxylic acids is 1.